The van der Waals surface area contributed by atoms with Crippen LogP contribution < -0.4 is 0 Å². The van der Waals surface area contributed by atoms with Gasteiger partial charge in [-0.1, -0.05) is 11.3 Å². The Bertz CT molecular complexity index is 360. The van der Waals surface area contributed by atoms with Crippen LogP contribution in [-0.4, -0.2) is 16.2 Å². The van der Waals surface area contributed by atoms with Crippen molar-refractivity contribution in [1.29, 1.82) is 5.41 Å². The molecule has 3 nitrogen and oxygen atoms in total. The van der Waals surface area contributed by atoms with E-state index in [1.165, 1.54) is 17.6 Å². The highest BCUT2D eigenvalue weighted by atomic mass is 32.1. The van der Waals surface area contributed by atoms with Gasteiger partial charge in [0.15, 0.2) is 0 Å². The summed E-state index contributed by atoms with van der Waals surface area (Å²) in [5.74, 6) is 0. The first-order valence-electron chi connectivity index (χ1n) is 3.12. The van der Waals surface area contributed by atoms with Crippen molar-refractivity contribution < 1.29 is 0 Å². The van der Waals surface area contributed by atoms with Gasteiger partial charge in [0.2, 0.25) is 0 Å². The average molecular weight is 163 g/mol. The molecule has 0 bridgehead atoms. The third-order valence-corrected chi connectivity index (χ3v) is 2.23. The molecule has 0 radical (unpaired) electrons. The van der Waals surface area contributed by atoms with Gasteiger partial charge < -0.3 is 5.41 Å². The summed E-state index contributed by atoms with van der Waals surface area (Å²) in [5.41, 5.74) is 0.871. The molecule has 2 rings (SSSR count). The number of nitrogens with one attached hydrogen (secondary N) is 1. The summed E-state index contributed by atoms with van der Waals surface area (Å²) in [6.07, 6.45) is 2.97. The summed E-state index contributed by atoms with van der Waals surface area (Å²) < 4.78 is 0. The second-order valence-corrected chi connectivity index (χ2v) is 3.03. The van der Waals surface area contributed by atoms with Crippen molar-refractivity contribution in [1.82, 2.24) is 9.97 Å². The molecular formula is C7H5N3S. The zero-order valence-corrected chi connectivity index (χ0v) is 6.43. The maximum Gasteiger partial charge on any atom is 0.143 e. The summed E-state index contributed by atoms with van der Waals surface area (Å²) in [6, 6.07) is 3.74. The van der Waals surface area contributed by atoms with E-state index in [2.05, 4.69) is 9.97 Å². The molecule has 4 heteroatoms. The van der Waals surface area contributed by atoms with Gasteiger partial charge in [0.05, 0.1) is 6.21 Å². The SMILES string of the molecule is N=Cc1nc2cccnc2s1. The Labute approximate surface area is 67.2 Å². The van der Waals surface area contributed by atoms with Crippen molar-refractivity contribution >= 4 is 27.9 Å². The molecule has 0 spiro atoms. The third-order valence-electron chi connectivity index (χ3n) is 1.31. The fourth-order valence-corrected chi connectivity index (χ4v) is 1.58. The summed E-state index contributed by atoms with van der Waals surface area (Å²) in [4.78, 5) is 9.14. The van der Waals surface area contributed by atoms with Crippen molar-refractivity contribution in [2.24, 2.45) is 0 Å². The summed E-state index contributed by atoms with van der Waals surface area (Å²) in [5, 5.41) is 7.68. The molecule has 0 aliphatic rings. The van der Waals surface area contributed by atoms with E-state index in [1.54, 1.807) is 6.20 Å². The molecule has 54 valence electrons. The first-order valence-corrected chi connectivity index (χ1v) is 3.94. The fourth-order valence-electron chi connectivity index (χ4n) is 0.848. The Hall–Kier alpha value is -1.29. The van der Waals surface area contributed by atoms with E-state index in [0.29, 0.717) is 5.01 Å². The lowest BCUT2D eigenvalue weighted by molar-refractivity contribution is 1.39. The minimum absolute atomic E-state index is 0.707. The third kappa shape index (κ3) is 1.01. The predicted molar refractivity (Wildman–Crippen MR) is 45.3 cm³/mol. The van der Waals surface area contributed by atoms with Gasteiger partial charge in [-0.15, -0.1) is 0 Å². The first-order chi connectivity index (χ1) is 5.40. The molecule has 0 aliphatic heterocycles. The van der Waals surface area contributed by atoms with E-state index in [1.807, 2.05) is 12.1 Å². The molecule has 2 aromatic rings. The topological polar surface area (TPSA) is 49.6 Å². The molecule has 0 atom stereocenters. The van der Waals surface area contributed by atoms with Crippen LogP contribution in [0.5, 0.6) is 0 Å². The molecular weight excluding hydrogens is 158 g/mol. The maximum absolute atomic E-state index is 6.97. The molecule has 2 aromatic heterocycles. The van der Waals surface area contributed by atoms with Crippen LogP contribution in [0.1, 0.15) is 5.01 Å². The van der Waals surface area contributed by atoms with Crippen molar-refractivity contribution in [2.75, 3.05) is 0 Å². The van der Waals surface area contributed by atoms with Crippen molar-refractivity contribution in [3.05, 3.63) is 23.3 Å². The number of hydrogen-bond donors (Lipinski definition) is 1. The van der Waals surface area contributed by atoms with Gasteiger partial charge in [0.25, 0.3) is 0 Å². The molecule has 0 unspecified atom stereocenters. The summed E-state index contributed by atoms with van der Waals surface area (Å²) >= 11 is 1.43. The van der Waals surface area contributed by atoms with E-state index in [0.717, 1.165) is 10.3 Å². The Morgan fingerprint density at radius 2 is 2.45 bits per heavy atom. The molecule has 0 saturated heterocycles. The highest BCUT2D eigenvalue weighted by Gasteiger charge is 1.99. The second kappa shape index (κ2) is 2.39. The minimum atomic E-state index is 0.707. The second-order valence-electron chi connectivity index (χ2n) is 2.02. The molecule has 0 aromatic carbocycles. The van der Waals surface area contributed by atoms with E-state index in [-0.39, 0.29) is 0 Å². The number of rotatable bonds is 1. The largest absolute Gasteiger partial charge is 0.306 e. The number of pyridine rings is 1. The molecule has 0 aliphatic carbocycles. The Morgan fingerprint density at radius 3 is 3.18 bits per heavy atom. The zero-order valence-electron chi connectivity index (χ0n) is 5.61. The Balaban J connectivity index is 2.78. The molecule has 0 fully saturated rings. The normalized spacial score (nSPS) is 10.2. The number of hydrogen-bond acceptors (Lipinski definition) is 4. The van der Waals surface area contributed by atoms with Crippen molar-refractivity contribution in [3.8, 4) is 0 Å². The number of nitrogens with zero attached hydrogens (tertiary/aromatic N) is 2. The Kier molecular flexibility index (Phi) is 1.40. The van der Waals surface area contributed by atoms with Crippen LogP contribution in [0.4, 0.5) is 0 Å². The average Bonchev–Trinajstić information content (AvgIpc) is 2.46. The van der Waals surface area contributed by atoms with Gasteiger partial charge >= 0.3 is 0 Å². The van der Waals surface area contributed by atoms with Crippen LogP contribution in [0.15, 0.2) is 18.3 Å². The van der Waals surface area contributed by atoms with Crippen LogP contribution in [0.3, 0.4) is 0 Å². The van der Waals surface area contributed by atoms with Crippen LogP contribution >= 0.6 is 11.3 Å². The number of aromatic nitrogens is 2. The lowest BCUT2D eigenvalue weighted by atomic mass is 10.5. The van der Waals surface area contributed by atoms with E-state index in [9.17, 15) is 0 Å². The van der Waals surface area contributed by atoms with E-state index in [4.69, 9.17) is 5.41 Å². The highest BCUT2D eigenvalue weighted by molar-refractivity contribution is 7.19. The molecule has 0 amide bonds. The van der Waals surface area contributed by atoms with Crippen LogP contribution in [0.2, 0.25) is 0 Å². The van der Waals surface area contributed by atoms with Gasteiger partial charge in [0.1, 0.15) is 15.4 Å². The predicted octanol–water partition coefficient (Wildman–Crippen LogP) is 1.69. The molecule has 2 heterocycles. The summed E-state index contributed by atoms with van der Waals surface area (Å²) in [6.45, 7) is 0. The zero-order chi connectivity index (χ0) is 7.68. The first kappa shape index (κ1) is 6.42. The number of thiazole rings is 1. The van der Waals surface area contributed by atoms with Gasteiger partial charge in [-0.25, -0.2) is 9.97 Å². The van der Waals surface area contributed by atoms with E-state index < -0.39 is 0 Å². The van der Waals surface area contributed by atoms with Crippen LogP contribution in [0.25, 0.3) is 10.3 Å². The smallest absolute Gasteiger partial charge is 0.143 e. The van der Waals surface area contributed by atoms with Crippen LogP contribution in [-0.2, 0) is 0 Å². The van der Waals surface area contributed by atoms with E-state index >= 15 is 0 Å². The lowest BCUT2D eigenvalue weighted by Gasteiger charge is -1.79. The van der Waals surface area contributed by atoms with Crippen molar-refractivity contribution in [2.45, 2.75) is 0 Å². The monoisotopic (exact) mass is 163 g/mol. The lowest BCUT2D eigenvalue weighted by Crippen LogP contribution is -1.73. The maximum atomic E-state index is 6.97. The highest BCUT2D eigenvalue weighted by Crippen LogP contribution is 2.16. The quantitative estimate of drug-likeness (QED) is 0.650. The summed E-state index contributed by atoms with van der Waals surface area (Å²) in [7, 11) is 0. The molecule has 1 N–H and O–H groups in total. The van der Waals surface area contributed by atoms with Gasteiger partial charge in [-0.05, 0) is 12.1 Å². The van der Waals surface area contributed by atoms with Crippen molar-refractivity contribution in [3.63, 3.8) is 0 Å². The van der Waals surface area contributed by atoms with Gasteiger partial charge in [0, 0.05) is 6.20 Å². The number of fused-ring (bicyclic) bond motifs is 1. The molecule has 11 heavy (non-hydrogen) atoms. The van der Waals surface area contributed by atoms with Gasteiger partial charge in [-0.2, -0.15) is 0 Å². The fraction of sp³-hybridized carbons (Fsp3) is 0. The molecule has 0 saturated carbocycles. The van der Waals surface area contributed by atoms with Crippen LogP contribution in [0, 0.1) is 5.41 Å². The minimum Gasteiger partial charge on any atom is -0.306 e. The standard InChI is InChI=1S/C7H5N3S/c8-4-6-10-5-2-1-3-9-7(5)11-6/h1-4,8H. The van der Waals surface area contributed by atoms with Gasteiger partial charge in [-0.3, -0.25) is 0 Å². The Morgan fingerprint density at radius 1 is 1.55 bits per heavy atom.